The number of nitrogens with zero attached hydrogens (tertiary/aromatic N) is 1. The molecule has 0 saturated heterocycles. The zero-order chi connectivity index (χ0) is 27.7. The lowest BCUT2D eigenvalue weighted by Crippen LogP contribution is -2.51. The van der Waals surface area contributed by atoms with Gasteiger partial charge in [0.25, 0.3) is 15.9 Å². The van der Waals surface area contributed by atoms with E-state index < -0.39 is 28.1 Å². The number of anilines is 1. The fraction of sp³-hybridized carbons (Fsp3) is 0.345. The summed E-state index contributed by atoms with van der Waals surface area (Å²) < 4.78 is 45.7. The van der Waals surface area contributed by atoms with E-state index >= 15 is 0 Å². The first-order chi connectivity index (χ1) is 18.0. The number of methoxy groups -OCH3 is 2. The number of rotatable bonds is 7. The lowest BCUT2D eigenvalue weighted by Gasteiger charge is -2.36. The van der Waals surface area contributed by atoms with Crippen LogP contribution in [0.3, 0.4) is 0 Å². The van der Waals surface area contributed by atoms with E-state index in [1.807, 2.05) is 43.3 Å². The number of benzene rings is 3. The predicted molar refractivity (Wildman–Crippen MR) is 147 cm³/mol. The molecule has 1 aliphatic heterocycles. The molecule has 1 amide bonds. The Balaban J connectivity index is 1.70. The zero-order valence-electron chi connectivity index (χ0n) is 22.5. The first-order valence-corrected chi connectivity index (χ1v) is 13.8. The zero-order valence-corrected chi connectivity index (χ0v) is 23.3. The van der Waals surface area contributed by atoms with Crippen LogP contribution in [0.4, 0.5) is 5.69 Å². The van der Waals surface area contributed by atoms with Crippen molar-refractivity contribution in [2.75, 3.05) is 25.1 Å². The van der Waals surface area contributed by atoms with Crippen LogP contribution in [0, 0.1) is 0 Å². The second-order valence-electron chi connectivity index (χ2n) is 10.2. The third-order valence-corrected chi connectivity index (χ3v) is 8.39. The van der Waals surface area contributed by atoms with Crippen molar-refractivity contribution in [3.8, 4) is 17.2 Å². The van der Waals surface area contributed by atoms with Crippen LogP contribution in [0.1, 0.15) is 44.9 Å². The summed E-state index contributed by atoms with van der Waals surface area (Å²) in [6.45, 7) is 7.82. The highest BCUT2D eigenvalue weighted by Gasteiger charge is 2.38. The lowest BCUT2D eigenvalue weighted by molar-refractivity contribution is -0.128. The first-order valence-electron chi connectivity index (χ1n) is 12.4. The molecule has 0 unspecified atom stereocenters. The van der Waals surface area contributed by atoms with Gasteiger partial charge >= 0.3 is 0 Å². The number of ether oxygens (including phenoxy) is 3. The van der Waals surface area contributed by atoms with Gasteiger partial charge in [-0.3, -0.25) is 9.10 Å². The Morgan fingerprint density at radius 1 is 1.03 bits per heavy atom. The van der Waals surface area contributed by atoms with Crippen molar-refractivity contribution < 1.29 is 27.4 Å². The van der Waals surface area contributed by atoms with Gasteiger partial charge in [-0.15, -0.1) is 0 Å². The molecule has 4 rings (SSSR count). The van der Waals surface area contributed by atoms with E-state index in [2.05, 4.69) is 26.1 Å². The predicted octanol–water partition coefficient (Wildman–Crippen LogP) is 4.84. The molecule has 1 N–H and O–H groups in total. The SMILES string of the molecule is COc1ccc(S(=O)(=O)N2C[C@H](C(=O)N[C@H](C)c3ccccc3OC)Oc3ccc(C(C)(C)C)cc32)cc1. The average molecular weight is 539 g/mol. The van der Waals surface area contributed by atoms with Crippen LogP contribution in [-0.2, 0) is 20.2 Å². The molecule has 0 radical (unpaired) electrons. The molecular weight excluding hydrogens is 504 g/mol. The fourth-order valence-electron chi connectivity index (χ4n) is 4.37. The molecule has 38 heavy (non-hydrogen) atoms. The molecule has 8 nitrogen and oxygen atoms in total. The molecule has 0 fully saturated rings. The molecule has 0 aliphatic carbocycles. The monoisotopic (exact) mass is 538 g/mol. The van der Waals surface area contributed by atoms with Crippen LogP contribution in [0.2, 0.25) is 0 Å². The molecule has 0 aromatic heterocycles. The fourth-order valence-corrected chi connectivity index (χ4v) is 5.83. The van der Waals surface area contributed by atoms with Gasteiger partial charge < -0.3 is 19.5 Å². The van der Waals surface area contributed by atoms with E-state index in [0.29, 0.717) is 22.9 Å². The summed E-state index contributed by atoms with van der Waals surface area (Å²) in [7, 11) is -0.932. The van der Waals surface area contributed by atoms with Gasteiger partial charge in [-0.1, -0.05) is 45.0 Å². The van der Waals surface area contributed by atoms with Crippen molar-refractivity contribution in [1.82, 2.24) is 5.32 Å². The topological polar surface area (TPSA) is 94.2 Å². The van der Waals surface area contributed by atoms with Gasteiger partial charge in [-0.05, 0) is 60.4 Å². The standard InChI is InChI=1S/C29H34N2O6S/c1-19(23-9-7-8-10-25(23)36-6)30-28(32)27-18-31(38(33,34)22-14-12-21(35-5)13-15-22)24-17-20(29(2,3)4)11-16-26(24)37-27/h7-17,19,27H,18H2,1-6H3,(H,30,32)/t19-,27-/m1/s1. The van der Waals surface area contributed by atoms with Gasteiger partial charge in [0, 0.05) is 5.56 Å². The minimum Gasteiger partial charge on any atom is -0.497 e. The quantitative estimate of drug-likeness (QED) is 0.463. The Bertz CT molecular complexity index is 1410. The summed E-state index contributed by atoms with van der Waals surface area (Å²) >= 11 is 0. The highest BCUT2D eigenvalue weighted by Crippen LogP contribution is 2.40. The summed E-state index contributed by atoms with van der Waals surface area (Å²) in [6, 6.07) is 18.7. The summed E-state index contributed by atoms with van der Waals surface area (Å²) in [5, 5.41) is 2.95. The number of nitrogens with one attached hydrogen (secondary N) is 1. The number of amides is 1. The average Bonchev–Trinajstić information content (AvgIpc) is 2.91. The maximum absolute atomic E-state index is 13.9. The molecule has 0 bridgehead atoms. The summed E-state index contributed by atoms with van der Waals surface area (Å²) in [5.74, 6) is 1.09. The number of sulfonamides is 1. The largest absolute Gasteiger partial charge is 0.497 e. The van der Waals surface area contributed by atoms with Crippen LogP contribution < -0.4 is 23.8 Å². The molecule has 0 spiro atoms. The van der Waals surface area contributed by atoms with Gasteiger partial charge in [0.2, 0.25) is 0 Å². The minimum absolute atomic E-state index is 0.0915. The number of carbonyl (C=O) groups is 1. The second-order valence-corrected chi connectivity index (χ2v) is 12.1. The van der Waals surface area contributed by atoms with Crippen molar-refractivity contribution in [3.05, 3.63) is 77.9 Å². The van der Waals surface area contributed by atoms with E-state index in [4.69, 9.17) is 14.2 Å². The van der Waals surface area contributed by atoms with Crippen LogP contribution >= 0.6 is 0 Å². The molecule has 3 aromatic carbocycles. The normalized spacial score (nSPS) is 16.2. The number of hydrogen-bond donors (Lipinski definition) is 1. The molecule has 2 atom stereocenters. The lowest BCUT2D eigenvalue weighted by atomic mass is 9.86. The third-order valence-electron chi connectivity index (χ3n) is 6.60. The minimum atomic E-state index is -4.02. The Labute approximate surface area is 224 Å². The van der Waals surface area contributed by atoms with Crippen molar-refractivity contribution >= 4 is 21.6 Å². The van der Waals surface area contributed by atoms with Gasteiger partial charge in [0.15, 0.2) is 6.10 Å². The molecule has 9 heteroatoms. The summed E-state index contributed by atoms with van der Waals surface area (Å²) in [4.78, 5) is 13.5. The van der Waals surface area contributed by atoms with Crippen LogP contribution in [0.5, 0.6) is 17.2 Å². The second kappa shape index (κ2) is 10.6. The molecule has 202 valence electrons. The molecule has 1 aliphatic rings. The molecule has 1 heterocycles. The van der Waals surface area contributed by atoms with E-state index in [0.717, 1.165) is 11.1 Å². The molecular formula is C29H34N2O6S. The Morgan fingerprint density at radius 3 is 2.34 bits per heavy atom. The Morgan fingerprint density at radius 2 is 1.71 bits per heavy atom. The smallest absolute Gasteiger partial charge is 0.264 e. The van der Waals surface area contributed by atoms with Crippen molar-refractivity contribution in [1.29, 1.82) is 0 Å². The van der Waals surface area contributed by atoms with Crippen LogP contribution in [0.25, 0.3) is 0 Å². The van der Waals surface area contributed by atoms with Crippen molar-refractivity contribution in [2.45, 2.75) is 50.2 Å². The maximum atomic E-state index is 13.9. The van der Waals surface area contributed by atoms with Gasteiger partial charge in [0.05, 0.1) is 37.4 Å². The van der Waals surface area contributed by atoms with Crippen molar-refractivity contribution in [2.24, 2.45) is 0 Å². The van der Waals surface area contributed by atoms with Gasteiger partial charge in [-0.25, -0.2) is 8.42 Å². The highest BCUT2D eigenvalue weighted by molar-refractivity contribution is 7.92. The van der Waals surface area contributed by atoms with Gasteiger partial charge in [-0.2, -0.15) is 0 Å². The highest BCUT2D eigenvalue weighted by atomic mass is 32.2. The number of carbonyl (C=O) groups excluding carboxylic acids is 1. The Kier molecular flexibility index (Phi) is 7.60. The van der Waals surface area contributed by atoms with Gasteiger partial charge in [0.1, 0.15) is 17.2 Å². The number of fused-ring (bicyclic) bond motifs is 1. The summed E-state index contributed by atoms with van der Waals surface area (Å²) in [5.41, 5.74) is 1.93. The first kappa shape index (κ1) is 27.3. The van der Waals surface area contributed by atoms with Crippen molar-refractivity contribution in [3.63, 3.8) is 0 Å². The summed E-state index contributed by atoms with van der Waals surface area (Å²) in [6.07, 6.45) is -1.06. The molecule has 0 saturated carbocycles. The third kappa shape index (κ3) is 5.43. The maximum Gasteiger partial charge on any atom is 0.264 e. The molecule has 3 aromatic rings. The Hall–Kier alpha value is -3.72. The van der Waals surface area contributed by atoms with E-state index in [1.165, 1.54) is 23.5 Å². The van der Waals surface area contributed by atoms with E-state index in [1.54, 1.807) is 25.3 Å². The van der Waals surface area contributed by atoms with Crippen LogP contribution in [0.15, 0.2) is 71.6 Å². The number of hydrogen-bond acceptors (Lipinski definition) is 6. The number of para-hydroxylation sites is 1. The van der Waals surface area contributed by atoms with E-state index in [-0.39, 0.29) is 16.9 Å². The van der Waals surface area contributed by atoms with Crippen LogP contribution in [-0.4, -0.2) is 41.2 Å². The van der Waals surface area contributed by atoms with E-state index in [9.17, 15) is 13.2 Å².